The van der Waals surface area contributed by atoms with E-state index >= 15 is 0 Å². The predicted octanol–water partition coefficient (Wildman–Crippen LogP) is 3.30. The number of benzene rings is 1. The maximum absolute atomic E-state index is 6.04. The molecule has 16 heavy (non-hydrogen) atoms. The summed E-state index contributed by atoms with van der Waals surface area (Å²) in [5, 5.41) is 6.96. The average Bonchev–Trinajstić information content (AvgIpc) is 2.63. The zero-order valence-electron chi connectivity index (χ0n) is 8.83. The van der Waals surface area contributed by atoms with Gasteiger partial charge in [0.25, 0.3) is 0 Å². The largest absolute Gasteiger partial charge is 0.399 e. The van der Waals surface area contributed by atoms with E-state index in [0.29, 0.717) is 17.3 Å². The molecule has 0 aliphatic rings. The Morgan fingerprint density at radius 1 is 1.50 bits per heavy atom. The third-order valence-electron chi connectivity index (χ3n) is 2.12. The number of aryl methyl sites for hydroxylation is 1. The van der Waals surface area contributed by atoms with Gasteiger partial charge in [0.15, 0.2) is 0 Å². The lowest BCUT2D eigenvalue weighted by molar-refractivity contribution is 1.05. The van der Waals surface area contributed by atoms with E-state index in [1.165, 1.54) is 0 Å². The Bertz CT molecular complexity index is 496. The second-order valence-electron chi connectivity index (χ2n) is 3.45. The van der Waals surface area contributed by atoms with Crippen LogP contribution in [0.3, 0.4) is 0 Å². The monoisotopic (exact) mass is 253 g/mol. The van der Waals surface area contributed by atoms with Gasteiger partial charge in [-0.15, -0.1) is 11.3 Å². The molecule has 0 aliphatic heterocycles. The molecule has 0 saturated heterocycles. The summed E-state index contributed by atoms with van der Waals surface area (Å²) >= 11 is 7.68. The van der Waals surface area contributed by atoms with E-state index in [4.69, 9.17) is 17.3 Å². The molecule has 84 valence electrons. The first kappa shape index (κ1) is 11.2. The third kappa shape index (κ3) is 2.65. The van der Waals surface area contributed by atoms with Crippen molar-refractivity contribution >= 4 is 34.3 Å². The predicted molar refractivity (Wildman–Crippen MR) is 70.0 cm³/mol. The minimum absolute atomic E-state index is 0.631. The van der Waals surface area contributed by atoms with Crippen LogP contribution in [0.15, 0.2) is 23.6 Å². The Hall–Kier alpha value is -1.26. The van der Waals surface area contributed by atoms with Gasteiger partial charge in [-0.1, -0.05) is 11.6 Å². The number of halogens is 1. The van der Waals surface area contributed by atoms with Gasteiger partial charge in [0.05, 0.1) is 28.0 Å². The van der Waals surface area contributed by atoms with Crippen molar-refractivity contribution in [2.75, 3.05) is 11.1 Å². The maximum Gasteiger partial charge on any atom is 0.0898 e. The van der Waals surface area contributed by atoms with Crippen molar-refractivity contribution in [2.45, 2.75) is 13.5 Å². The van der Waals surface area contributed by atoms with Crippen molar-refractivity contribution in [3.8, 4) is 0 Å². The number of anilines is 2. The van der Waals surface area contributed by atoms with Crippen LogP contribution in [-0.4, -0.2) is 4.98 Å². The van der Waals surface area contributed by atoms with Crippen LogP contribution in [0.2, 0.25) is 5.02 Å². The third-order valence-corrected chi connectivity index (χ3v) is 3.25. The van der Waals surface area contributed by atoms with Crippen LogP contribution in [0, 0.1) is 6.92 Å². The van der Waals surface area contributed by atoms with Crippen LogP contribution in [0.4, 0.5) is 11.4 Å². The molecule has 0 unspecified atom stereocenters. The van der Waals surface area contributed by atoms with Gasteiger partial charge in [-0.05, 0) is 25.1 Å². The molecule has 0 spiro atoms. The van der Waals surface area contributed by atoms with Gasteiger partial charge < -0.3 is 11.1 Å². The number of hydrogen-bond donors (Lipinski definition) is 2. The lowest BCUT2D eigenvalue weighted by atomic mass is 10.3. The molecule has 0 fully saturated rings. The van der Waals surface area contributed by atoms with E-state index in [1.807, 2.05) is 24.4 Å². The van der Waals surface area contributed by atoms with Crippen LogP contribution < -0.4 is 11.1 Å². The minimum atomic E-state index is 0.631. The van der Waals surface area contributed by atoms with E-state index in [-0.39, 0.29) is 0 Å². The molecule has 0 aliphatic carbocycles. The van der Waals surface area contributed by atoms with E-state index in [9.17, 15) is 0 Å². The van der Waals surface area contributed by atoms with Gasteiger partial charge in [0, 0.05) is 11.1 Å². The molecule has 2 rings (SSSR count). The molecule has 0 amide bonds. The molecular weight excluding hydrogens is 242 g/mol. The van der Waals surface area contributed by atoms with Gasteiger partial charge in [-0.2, -0.15) is 0 Å². The van der Waals surface area contributed by atoms with Crippen molar-refractivity contribution in [2.24, 2.45) is 0 Å². The molecule has 0 atom stereocenters. The summed E-state index contributed by atoms with van der Waals surface area (Å²) in [7, 11) is 0. The summed E-state index contributed by atoms with van der Waals surface area (Å²) in [4.78, 5) is 4.36. The van der Waals surface area contributed by atoms with Crippen molar-refractivity contribution in [3.63, 3.8) is 0 Å². The minimum Gasteiger partial charge on any atom is -0.399 e. The van der Waals surface area contributed by atoms with E-state index in [0.717, 1.165) is 16.4 Å². The van der Waals surface area contributed by atoms with Crippen molar-refractivity contribution in [3.05, 3.63) is 39.3 Å². The summed E-state index contributed by atoms with van der Waals surface area (Å²) in [6.07, 6.45) is 0. The second kappa shape index (κ2) is 4.72. The highest BCUT2D eigenvalue weighted by Crippen LogP contribution is 2.24. The molecular formula is C11H12ClN3S. The zero-order valence-corrected chi connectivity index (χ0v) is 10.4. The Kier molecular flexibility index (Phi) is 3.31. The Morgan fingerprint density at radius 2 is 2.31 bits per heavy atom. The first-order valence-corrected chi connectivity index (χ1v) is 6.11. The molecule has 3 N–H and O–H groups in total. The fraction of sp³-hybridized carbons (Fsp3) is 0.182. The molecule has 1 aromatic carbocycles. The van der Waals surface area contributed by atoms with Gasteiger partial charge in [-0.3, -0.25) is 0 Å². The normalized spacial score (nSPS) is 10.4. The number of nitrogens with two attached hydrogens (primary N) is 1. The Labute approximate surface area is 103 Å². The molecule has 0 saturated carbocycles. The first-order valence-electron chi connectivity index (χ1n) is 4.85. The smallest absolute Gasteiger partial charge is 0.0898 e. The number of nitrogens with one attached hydrogen (secondary N) is 1. The van der Waals surface area contributed by atoms with Crippen molar-refractivity contribution in [1.82, 2.24) is 4.98 Å². The van der Waals surface area contributed by atoms with E-state index in [2.05, 4.69) is 10.3 Å². The molecule has 1 aromatic heterocycles. The highest BCUT2D eigenvalue weighted by Gasteiger charge is 2.02. The molecule has 0 bridgehead atoms. The van der Waals surface area contributed by atoms with Gasteiger partial charge in [-0.25, -0.2) is 4.98 Å². The van der Waals surface area contributed by atoms with Crippen molar-refractivity contribution < 1.29 is 0 Å². The Balaban J connectivity index is 2.04. The SMILES string of the molecule is Cc1nc(CNc2ccc(N)cc2Cl)cs1. The molecule has 1 heterocycles. The highest BCUT2D eigenvalue weighted by atomic mass is 35.5. The lowest BCUT2D eigenvalue weighted by Crippen LogP contribution is -2.00. The van der Waals surface area contributed by atoms with Crippen LogP contribution in [0.25, 0.3) is 0 Å². The molecule has 2 aromatic rings. The number of nitrogens with zero attached hydrogens (tertiary/aromatic N) is 1. The van der Waals surface area contributed by atoms with Crippen molar-refractivity contribution in [1.29, 1.82) is 0 Å². The number of rotatable bonds is 3. The van der Waals surface area contributed by atoms with E-state index < -0.39 is 0 Å². The molecule has 0 radical (unpaired) electrons. The number of thiazole rings is 1. The van der Waals surface area contributed by atoms with Gasteiger partial charge >= 0.3 is 0 Å². The maximum atomic E-state index is 6.04. The lowest BCUT2D eigenvalue weighted by Gasteiger charge is -2.07. The van der Waals surface area contributed by atoms with Crippen LogP contribution in [0.5, 0.6) is 0 Å². The summed E-state index contributed by atoms with van der Waals surface area (Å²) in [5.41, 5.74) is 8.18. The first-order chi connectivity index (χ1) is 7.65. The van der Waals surface area contributed by atoms with Crippen LogP contribution >= 0.6 is 22.9 Å². The number of nitrogen functional groups attached to an aromatic ring is 1. The topological polar surface area (TPSA) is 50.9 Å². The standard InChI is InChI=1S/C11H12ClN3S/c1-7-15-9(6-16-7)5-14-11-3-2-8(13)4-10(11)12/h2-4,6,14H,5,13H2,1H3. The van der Waals surface area contributed by atoms with Crippen LogP contribution in [0.1, 0.15) is 10.7 Å². The zero-order chi connectivity index (χ0) is 11.5. The molecule has 3 nitrogen and oxygen atoms in total. The average molecular weight is 254 g/mol. The summed E-state index contributed by atoms with van der Waals surface area (Å²) < 4.78 is 0. The second-order valence-corrected chi connectivity index (χ2v) is 4.92. The highest BCUT2D eigenvalue weighted by molar-refractivity contribution is 7.09. The quantitative estimate of drug-likeness (QED) is 0.826. The fourth-order valence-corrected chi connectivity index (χ4v) is 2.22. The van der Waals surface area contributed by atoms with Crippen LogP contribution in [-0.2, 0) is 6.54 Å². The van der Waals surface area contributed by atoms with E-state index in [1.54, 1.807) is 17.4 Å². The summed E-state index contributed by atoms with van der Waals surface area (Å²) in [6, 6.07) is 5.42. The summed E-state index contributed by atoms with van der Waals surface area (Å²) in [5.74, 6) is 0. The fourth-order valence-electron chi connectivity index (χ4n) is 1.35. The molecule has 5 heteroatoms. The van der Waals surface area contributed by atoms with Gasteiger partial charge in [0.2, 0.25) is 0 Å². The van der Waals surface area contributed by atoms with Gasteiger partial charge in [0.1, 0.15) is 0 Å². The number of aromatic nitrogens is 1. The summed E-state index contributed by atoms with van der Waals surface area (Å²) in [6.45, 7) is 2.67. The number of hydrogen-bond acceptors (Lipinski definition) is 4. The Morgan fingerprint density at radius 3 is 2.94 bits per heavy atom.